The fourth-order valence-corrected chi connectivity index (χ4v) is 4.21. The Kier molecular flexibility index (Phi) is 6.30. The van der Waals surface area contributed by atoms with E-state index in [2.05, 4.69) is 29.1 Å². The number of carbonyl (C=O) groups is 1. The number of hydrogen-bond donors (Lipinski definition) is 0. The maximum Gasteiger partial charge on any atom is 0.254 e. The van der Waals surface area contributed by atoms with Gasteiger partial charge < -0.3 is 19.3 Å². The molecule has 0 saturated carbocycles. The van der Waals surface area contributed by atoms with Crippen molar-refractivity contribution in [1.29, 1.82) is 0 Å². The van der Waals surface area contributed by atoms with Gasteiger partial charge in [-0.25, -0.2) is 4.98 Å². The van der Waals surface area contributed by atoms with Gasteiger partial charge in [-0.1, -0.05) is 30.3 Å². The van der Waals surface area contributed by atoms with Crippen molar-refractivity contribution in [1.82, 2.24) is 14.8 Å². The van der Waals surface area contributed by atoms with Gasteiger partial charge >= 0.3 is 0 Å². The van der Waals surface area contributed by atoms with Crippen LogP contribution in [0.4, 0.5) is 0 Å². The van der Waals surface area contributed by atoms with Gasteiger partial charge in [0.25, 0.3) is 5.91 Å². The molecule has 6 nitrogen and oxygen atoms in total. The molecule has 1 aliphatic heterocycles. The van der Waals surface area contributed by atoms with Crippen LogP contribution in [0.15, 0.2) is 59.4 Å². The van der Waals surface area contributed by atoms with Crippen molar-refractivity contribution < 1.29 is 14.3 Å². The van der Waals surface area contributed by atoms with Gasteiger partial charge in [0.2, 0.25) is 0 Å². The zero-order valence-electron chi connectivity index (χ0n) is 17.2. The van der Waals surface area contributed by atoms with Gasteiger partial charge in [0, 0.05) is 30.6 Å². The first-order valence-corrected chi connectivity index (χ1v) is 10.8. The van der Waals surface area contributed by atoms with Gasteiger partial charge in [-0.15, -0.1) is 11.3 Å². The normalized spacial score (nSPS) is 17.0. The number of methoxy groups -OCH3 is 1. The fourth-order valence-electron chi connectivity index (χ4n) is 3.67. The lowest BCUT2D eigenvalue weighted by molar-refractivity contribution is 0.0497. The van der Waals surface area contributed by atoms with Crippen molar-refractivity contribution in [2.75, 3.05) is 33.8 Å². The Morgan fingerprint density at radius 3 is 2.73 bits per heavy atom. The van der Waals surface area contributed by atoms with E-state index in [4.69, 9.17) is 9.47 Å². The second-order valence-corrected chi connectivity index (χ2v) is 8.04. The molecule has 3 aromatic rings. The van der Waals surface area contributed by atoms with E-state index in [1.165, 1.54) is 11.3 Å². The molecule has 1 aromatic heterocycles. The molecule has 0 radical (unpaired) electrons. The number of rotatable bonds is 6. The molecule has 1 fully saturated rings. The van der Waals surface area contributed by atoms with Crippen molar-refractivity contribution in [2.45, 2.75) is 12.6 Å². The van der Waals surface area contributed by atoms with Gasteiger partial charge in [-0.3, -0.25) is 4.79 Å². The molecule has 1 aliphatic rings. The van der Waals surface area contributed by atoms with E-state index in [-0.39, 0.29) is 11.9 Å². The third kappa shape index (κ3) is 4.47. The summed E-state index contributed by atoms with van der Waals surface area (Å²) in [6.07, 6.45) is 0. The number of aromatic nitrogens is 1. The van der Waals surface area contributed by atoms with E-state index in [9.17, 15) is 4.79 Å². The molecule has 4 rings (SSSR count). The fraction of sp³-hybridized carbons (Fsp3) is 0.304. The molecule has 7 heteroatoms. The Balaban J connectivity index is 1.55. The van der Waals surface area contributed by atoms with Crippen molar-refractivity contribution >= 4 is 17.2 Å². The summed E-state index contributed by atoms with van der Waals surface area (Å²) >= 11 is 1.53. The summed E-state index contributed by atoms with van der Waals surface area (Å²) in [5.74, 6) is 1.14. The highest BCUT2D eigenvalue weighted by atomic mass is 32.1. The second-order valence-electron chi connectivity index (χ2n) is 7.32. The van der Waals surface area contributed by atoms with E-state index in [1.807, 2.05) is 34.5 Å². The molecule has 0 N–H and O–H groups in total. The average Bonchev–Trinajstić information content (AvgIpc) is 3.31. The first-order chi connectivity index (χ1) is 14.7. The van der Waals surface area contributed by atoms with Crippen molar-refractivity contribution in [2.24, 2.45) is 0 Å². The molecule has 0 aliphatic carbocycles. The summed E-state index contributed by atoms with van der Waals surface area (Å²) in [6, 6.07) is 15.6. The highest BCUT2D eigenvalue weighted by molar-refractivity contribution is 7.07. The Hall–Kier alpha value is -2.90. The summed E-state index contributed by atoms with van der Waals surface area (Å²) in [7, 11) is 3.68. The Labute approximate surface area is 180 Å². The minimum Gasteiger partial charge on any atom is -0.493 e. The number of piperazine rings is 1. The first-order valence-electron chi connectivity index (χ1n) is 9.88. The molecule has 30 heavy (non-hydrogen) atoms. The molecule has 2 aromatic carbocycles. The van der Waals surface area contributed by atoms with Gasteiger partial charge in [0.1, 0.15) is 6.61 Å². The molecule has 156 valence electrons. The third-order valence-electron chi connectivity index (χ3n) is 5.30. The predicted octanol–water partition coefficient (Wildman–Crippen LogP) is 3.86. The minimum absolute atomic E-state index is 0.00121. The maximum atomic E-state index is 13.4. The quantitative estimate of drug-likeness (QED) is 0.603. The minimum atomic E-state index is 0.00121. The van der Waals surface area contributed by atoms with Crippen molar-refractivity contribution in [3.05, 3.63) is 76.2 Å². The summed E-state index contributed by atoms with van der Waals surface area (Å²) in [5, 5.41) is 1.95. The predicted molar refractivity (Wildman–Crippen MR) is 117 cm³/mol. The van der Waals surface area contributed by atoms with Crippen LogP contribution in [0.2, 0.25) is 0 Å². The van der Waals surface area contributed by atoms with Gasteiger partial charge in [-0.05, 0) is 30.8 Å². The summed E-state index contributed by atoms with van der Waals surface area (Å²) in [6.45, 7) is 2.70. The van der Waals surface area contributed by atoms with E-state index >= 15 is 0 Å². The molecule has 1 atom stereocenters. The average molecular weight is 424 g/mol. The van der Waals surface area contributed by atoms with Crippen LogP contribution < -0.4 is 9.47 Å². The summed E-state index contributed by atoms with van der Waals surface area (Å²) in [4.78, 5) is 21.9. The van der Waals surface area contributed by atoms with Crippen LogP contribution >= 0.6 is 11.3 Å². The maximum absolute atomic E-state index is 13.4. The molecule has 2 heterocycles. The van der Waals surface area contributed by atoms with Crippen LogP contribution in [0.25, 0.3) is 0 Å². The Morgan fingerprint density at radius 2 is 2.00 bits per heavy atom. The topological polar surface area (TPSA) is 54.9 Å². The standard InChI is InChI=1S/C23H25N3O3S/c1-25-10-11-26(20(13-25)17-6-4-3-5-7-17)23(27)18-8-9-21(22(12-18)28-2)29-14-19-15-30-16-24-19/h3-9,12,15-16,20H,10-11,13-14H2,1-2H3/t20-/m1/s1. The Morgan fingerprint density at radius 1 is 1.17 bits per heavy atom. The molecule has 1 saturated heterocycles. The first kappa shape index (κ1) is 20.4. The number of thiazole rings is 1. The number of nitrogens with zero attached hydrogens (tertiary/aromatic N) is 3. The van der Waals surface area contributed by atoms with E-state index in [0.29, 0.717) is 30.2 Å². The number of ether oxygens (including phenoxy) is 2. The largest absolute Gasteiger partial charge is 0.493 e. The van der Waals surface area contributed by atoms with Gasteiger partial charge in [-0.2, -0.15) is 0 Å². The number of carbonyl (C=O) groups excluding carboxylic acids is 1. The number of amides is 1. The zero-order chi connectivity index (χ0) is 20.9. The second kappa shape index (κ2) is 9.28. The molecule has 0 spiro atoms. The molecular weight excluding hydrogens is 398 g/mol. The van der Waals surface area contributed by atoms with Crippen molar-refractivity contribution in [3.63, 3.8) is 0 Å². The third-order valence-corrected chi connectivity index (χ3v) is 5.93. The number of benzene rings is 2. The number of likely N-dealkylation sites (N-methyl/N-ethyl adjacent to an activating group) is 1. The van der Waals surface area contributed by atoms with E-state index < -0.39 is 0 Å². The monoisotopic (exact) mass is 423 g/mol. The van der Waals surface area contributed by atoms with Gasteiger partial charge in [0.05, 0.1) is 24.4 Å². The smallest absolute Gasteiger partial charge is 0.254 e. The Bertz CT molecular complexity index is 979. The lowest BCUT2D eigenvalue weighted by Crippen LogP contribution is -2.49. The molecule has 0 unspecified atom stereocenters. The van der Waals surface area contributed by atoms with E-state index in [1.54, 1.807) is 24.8 Å². The molecule has 0 bridgehead atoms. The van der Waals surface area contributed by atoms with Crippen LogP contribution in [0, 0.1) is 0 Å². The van der Waals surface area contributed by atoms with Crippen LogP contribution in [-0.4, -0.2) is 54.5 Å². The highest BCUT2D eigenvalue weighted by Crippen LogP contribution is 2.32. The summed E-state index contributed by atoms with van der Waals surface area (Å²) < 4.78 is 11.3. The lowest BCUT2D eigenvalue weighted by Gasteiger charge is -2.40. The van der Waals surface area contributed by atoms with Crippen LogP contribution in [0.3, 0.4) is 0 Å². The SMILES string of the molecule is COc1cc(C(=O)N2CCN(C)C[C@@H]2c2ccccc2)ccc1OCc1cscn1. The number of hydrogen-bond acceptors (Lipinski definition) is 6. The zero-order valence-corrected chi connectivity index (χ0v) is 18.0. The van der Waals surface area contributed by atoms with Gasteiger partial charge in [0.15, 0.2) is 11.5 Å². The van der Waals surface area contributed by atoms with Crippen molar-refractivity contribution in [3.8, 4) is 11.5 Å². The van der Waals surface area contributed by atoms with Crippen LogP contribution in [0.5, 0.6) is 11.5 Å². The summed E-state index contributed by atoms with van der Waals surface area (Å²) in [5.41, 5.74) is 4.38. The lowest BCUT2D eigenvalue weighted by atomic mass is 10.0. The van der Waals surface area contributed by atoms with Crippen LogP contribution in [-0.2, 0) is 6.61 Å². The van der Waals surface area contributed by atoms with Crippen LogP contribution in [0.1, 0.15) is 27.7 Å². The molecular formula is C23H25N3O3S. The molecule has 1 amide bonds. The van der Waals surface area contributed by atoms with E-state index in [0.717, 1.165) is 24.3 Å². The highest BCUT2D eigenvalue weighted by Gasteiger charge is 2.31.